The normalized spacial score (nSPS) is 11.1. The maximum Gasteiger partial charge on any atom is 0.259 e. The topological polar surface area (TPSA) is 64.2 Å². The number of hydrogen-bond acceptors (Lipinski definition) is 4. The van der Waals surface area contributed by atoms with Crippen LogP contribution in [0, 0.1) is 0 Å². The molecule has 3 rings (SSSR count). The summed E-state index contributed by atoms with van der Waals surface area (Å²) in [6, 6.07) is 10.7. The van der Waals surface area contributed by atoms with Gasteiger partial charge in [0.1, 0.15) is 5.82 Å². The summed E-state index contributed by atoms with van der Waals surface area (Å²) in [4.78, 5) is 19.6. The Morgan fingerprint density at radius 2 is 2.00 bits per heavy atom. The summed E-state index contributed by atoms with van der Waals surface area (Å²) in [6.07, 6.45) is -0.0406. The van der Waals surface area contributed by atoms with Crippen LogP contribution in [0.25, 0.3) is 22.3 Å². The van der Waals surface area contributed by atoms with Gasteiger partial charge in [-0.2, -0.15) is 0 Å². The molecule has 0 saturated carbocycles. The van der Waals surface area contributed by atoms with Crippen molar-refractivity contribution < 1.29 is 9.47 Å². The van der Waals surface area contributed by atoms with Crippen LogP contribution in [0.1, 0.15) is 20.8 Å². The van der Waals surface area contributed by atoms with Gasteiger partial charge in [0.2, 0.25) is 0 Å². The number of nitrogens with zero attached hydrogens (tertiary/aromatic N) is 1. The van der Waals surface area contributed by atoms with Crippen molar-refractivity contribution in [2.24, 2.45) is 0 Å². The Balaban J connectivity index is 2.16. The molecule has 0 radical (unpaired) electrons. The zero-order valence-electron chi connectivity index (χ0n) is 14.3. The van der Waals surface area contributed by atoms with E-state index < -0.39 is 0 Å². The molecule has 0 aliphatic carbocycles. The monoisotopic (exact) mass is 358 g/mol. The lowest BCUT2D eigenvalue weighted by Crippen LogP contribution is -2.10. The Kier molecular flexibility index (Phi) is 4.95. The van der Waals surface area contributed by atoms with Gasteiger partial charge in [0.05, 0.1) is 28.6 Å². The van der Waals surface area contributed by atoms with Gasteiger partial charge in [-0.25, -0.2) is 4.98 Å². The molecule has 0 atom stereocenters. The minimum absolute atomic E-state index is 0.0406. The summed E-state index contributed by atoms with van der Waals surface area (Å²) in [5.41, 5.74) is 1.09. The maximum atomic E-state index is 12.3. The average molecular weight is 359 g/mol. The first kappa shape index (κ1) is 17.3. The Morgan fingerprint density at radius 3 is 2.72 bits per heavy atom. The van der Waals surface area contributed by atoms with Gasteiger partial charge in [0.15, 0.2) is 11.5 Å². The van der Waals surface area contributed by atoms with E-state index in [2.05, 4.69) is 9.97 Å². The van der Waals surface area contributed by atoms with Gasteiger partial charge in [-0.05, 0) is 45.0 Å². The summed E-state index contributed by atoms with van der Waals surface area (Å²) in [7, 11) is 0. The number of H-pyrrole nitrogens is 1. The molecule has 0 aliphatic heterocycles. The van der Waals surface area contributed by atoms with Gasteiger partial charge in [-0.1, -0.05) is 23.7 Å². The van der Waals surface area contributed by atoms with E-state index >= 15 is 0 Å². The van der Waals surface area contributed by atoms with Crippen LogP contribution in [0.5, 0.6) is 11.5 Å². The molecule has 5 nitrogen and oxygen atoms in total. The minimum Gasteiger partial charge on any atom is -0.490 e. The van der Waals surface area contributed by atoms with E-state index in [0.29, 0.717) is 45.4 Å². The smallest absolute Gasteiger partial charge is 0.259 e. The predicted octanol–water partition coefficient (Wildman–Crippen LogP) is 4.43. The summed E-state index contributed by atoms with van der Waals surface area (Å²) < 4.78 is 11.4. The van der Waals surface area contributed by atoms with Crippen LogP contribution in [-0.2, 0) is 0 Å². The Bertz CT molecular complexity index is 967. The highest BCUT2D eigenvalue weighted by Crippen LogP contribution is 2.39. The summed E-state index contributed by atoms with van der Waals surface area (Å²) >= 11 is 6.40. The molecular formula is C19H19ClN2O3. The first-order chi connectivity index (χ1) is 12.0. The van der Waals surface area contributed by atoms with E-state index in [1.807, 2.05) is 26.8 Å². The largest absolute Gasteiger partial charge is 0.490 e. The van der Waals surface area contributed by atoms with Crippen molar-refractivity contribution in [1.82, 2.24) is 9.97 Å². The van der Waals surface area contributed by atoms with Gasteiger partial charge in [-0.15, -0.1) is 0 Å². The Morgan fingerprint density at radius 1 is 1.24 bits per heavy atom. The minimum atomic E-state index is -0.197. The molecule has 25 heavy (non-hydrogen) atoms. The van der Waals surface area contributed by atoms with Crippen molar-refractivity contribution >= 4 is 22.5 Å². The van der Waals surface area contributed by atoms with Gasteiger partial charge >= 0.3 is 0 Å². The van der Waals surface area contributed by atoms with Crippen molar-refractivity contribution in [3.8, 4) is 22.9 Å². The molecule has 1 N–H and O–H groups in total. The summed E-state index contributed by atoms with van der Waals surface area (Å²) in [5.74, 6) is 1.45. The molecule has 1 heterocycles. The highest BCUT2D eigenvalue weighted by atomic mass is 35.5. The SMILES string of the molecule is CCOc1cc(-c2nc3ccccc3c(=O)[nH]2)cc(Cl)c1OC(C)C. The van der Waals surface area contributed by atoms with Gasteiger partial charge < -0.3 is 14.5 Å². The van der Waals surface area contributed by atoms with Crippen LogP contribution in [0.3, 0.4) is 0 Å². The van der Waals surface area contributed by atoms with Gasteiger partial charge in [0.25, 0.3) is 5.56 Å². The van der Waals surface area contributed by atoms with E-state index in [4.69, 9.17) is 21.1 Å². The van der Waals surface area contributed by atoms with Crippen LogP contribution in [0.2, 0.25) is 5.02 Å². The second-order valence-corrected chi connectivity index (χ2v) is 6.22. The highest BCUT2D eigenvalue weighted by molar-refractivity contribution is 6.32. The molecule has 0 saturated heterocycles. The van der Waals surface area contributed by atoms with E-state index in [1.165, 1.54) is 0 Å². The number of hydrogen-bond donors (Lipinski definition) is 1. The Labute approximate surface area is 150 Å². The fourth-order valence-electron chi connectivity index (χ4n) is 2.54. The molecule has 0 amide bonds. The number of aromatic amines is 1. The first-order valence-corrected chi connectivity index (χ1v) is 8.49. The number of nitrogens with one attached hydrogen (secondary N) is 1. The molecule has 0 spiro atoms. The first-order valence-electron chi connectivity index (χ1n) is 8.12. The van der Waals surface area contributed by atoms with Crippen LogP contribution in [-0.4, -0.2) is 22.7 Å². The quantitative estimate of drug-likeness (QED) is 0.732. The molecule has 6 heteroatoms. The number of aromatic nitrogens is 2. The highest BCUT2D eigenvalue weighted by Gasteiger charge is 2.16. The van der Waals surface area contributed by atoms with Crippen molar-refractivity contribution in [2.45, 2.75) is 26.9 Å². The van der Waals surface area contributed by atoms with Crippen LogP contribution >= 0.6 is 11.6 Å². The Hall–Kier alpha value is -2.53. The molecule has 3 aromatic rings. The zero-order valence-corrected chi connectivity index (χ0v) is 15.1. The molecule has 130 valence electrons. The lowest BCUT2D eigenvalue weighted by atomic mass is 10.1. The van der Waals surface area contributed by atoms with E-state index in [1.54, 1.807) is 30.3 Å². The van der Waals surface area contributed by atoms with Crippen LogP contribution in [0.15, 0.2) is 41.2 Å². The summed E-state index contributed by atoms with van der Waals surface area (Å²) in [6.45, 7) is 6.19. The van der Waals surface area contributed by atoms with Gasteiger partial charge in [0, 0.05) is 5.56 Å². The molecule has 0 unspecified atom stereocenters. The van der Waals surface area contributed by atoms with Crippen molar-refractivity contribution in [1.29, 1.82) is 0 Å². The van der Waals surface area contributed by atoms with Crippen molar-refractivity contribution in [3.63, 3.8) is 0 Å². The van der Waals surface area contributed by atoms with Gasteiger partial charge in [-0.3, -0.25) is 4.79 Å². The second-order valence-electron chi connectivity index (χ2n) is 5.82. The van der Waals surface area contributed by atoms with Crippen molar-refractivity contribution in [2.75, 3.05) is 6.61 Å². The van der Waals surface area contributed by atoms with E-state index in [0.717, 1.165) is 0 Å². The second kappa shape index (κ2) is 7.15. The number of rotatable bonds is 5. The fourth-order valence-corrected chi connectivity index (χ4v) is 2.80. The molecule has 2 aromatic carbocycles. The number of halogens is 1. The summed E-state index contributed by atoms with van der Waals surface area (Å²) in [5, 5.41) is 0.951. The molecular weight excluding hydrogens is 340 g/mol. The third kappa shape index (κ3) is 3.61. The predicted molar refractivity (Wildman–Crippen MR) is 99.7 cm³/mol. The number of para-hydroxylation sites is 1. The lowest BCUT2D eigenvalue weighted by Gasteiger charge is -2.17. The third-order valence-corrected chi connectivity index (χ3v) is 3.83. The maximum absolute atomic E-state index is 12.3. The fraction of sp³-hybridized carbons (Fsp3) is 0.263. The number of fused-ring (bicyclic) bond motifs is 1. The van der Waals surface area contributed by atoms with Crippen molar-refractivity contribution in [3.05, 3.63) is 51.8 Å². The van der Waals surface area contributed by atoms with E-state index in [-0.39, 0.29) is 11.7 Å². The zero-order chi connectivity index (χ0) is 18.0. The number of ether oxygens (including phenoxy) is 2. The van der Waals surface area contributed by atoms with Crippen LogP contribution in [0.4, 0.5) is 0 Å². The average Bonchev–Trinajstić information content (AvgIpc) is 2.57. The molecule has 1 aromatic heterocycles. The number of benzene rings is 2. The van der Waals surface area contributed by atoms with E-state index in [9.17, 15) is 4.79 Å². The standard InChI is InChI=1S/C19H19ClN2O3/c1-4-24-16-10-12(9-14(20)17(16)25-11(2)3)18-21-15-8-6-5-7-13(15)19(23)22-18/h5-11H,4H2,1-3H3,(H,21,22,23). The molecule has 0 fully saturated rings. The third-order valence-electron chi connectivity index (χ3n) is 3.55. The van der Waals surface area contributed by atoms with Crippen LogP contribution < -0.4 is 15.0 Å². The molecule has 0 aliphatic rings. The lowest BCUT2D eigenvalue weighted by molar-refractivity contribution is 0.224. The molecule has 0 bridgehead atoms.